The van der Waals surface area contributed by atoms with Crippen LogP contribution in [0.5, 0.6) is 0 Å². The minimum atomic E-state index is -3.76. The lowest BCUT2D eigenvalue weighted by atomic mass is 10.3. The number of hydrogen-bond acceptors (Lipinski definition) is 3. The van der Waals surface area contributed by atoms with Crippen LogP contribution in [0.2, 0.25) is 0 Å². The monoisotopic (exact) mass is 310 g/mol. The largest absolute Gasteiger partial charge is 0.316 e. The van der Waals surface area contributed by atoms with Crippen molar-refractivity contribution in [3.05, 3.63) is 29.8 Å². The molecule has 19 heavy (non-hydrogen) atoms. The Kier molecular flexibility index (Phi) is 3.83. The summed E-state index contributed by atoms with van der Waals surface area (Å²) in [7, 11) is -3.76. The molecule has 1 saturated carbocycles. The molecule has 0 aromatic heterocycles. The maximum absolute atomic E-state index is 13.0. The van der Waals surface area contributed by atoms with Gasteiger partial charge in [-0.25, -0.2) is 21.9 Å². The zero-order chi connectivity index (χ0) is 12.9. The third kappa shape index (κ3) is 2.60. The summed E-state index contributed by atoms with van der Waals surface area (Å²) < 4.78 is 52.2. The normalized spacial score (nSPS) is 28.6. The maximum Gasteiger partial charge on any atom is 0.240 e. The van der Waals surface area contributed by atoms with Crippen LogP contribution in [0.3, 0.4) is 0 Å². The third-order valence-electron chi connectivity index (χ3n) is 3.58. The maximum atomic E-state index is 13.0. The molecule has 2 N–H and O–H groups in total. The van der Waals surface area contributed by atoms with Gasteiger partial charge in [0.05, 0.1) is 4.90 Å². The Bertz CT molecular complexity index is 586. The Morgan fingerprint density at radius 2 is 1.79 bits per heavy atom. The van der Waals surface area contributed by atoms with Gasteiger partial charge in [-0.15, -0.1) is 12.4 Å². The van der Waals surface area contributed by atoms with E-state index in [1.807, 2.05) is 0 Å². The van der Waals surface area contributed by atoms with E-state index in [4.69, 9.17) is 0 Å². The van der Waals surface area contributed by atoms with Gasteiger partial charge in [0.1, 0.15) is 0 Å². The topological polar surface area (TPSA) is 58.2 Å². The standard InChI is InChI=1S/C11H12F2N2O2S.ClH/c12-9-2-1-6(3-10(9)13)18(16,17)15-11-7-4-14-5-8(7)11;/h1-3,7-8,11,14-15H,4-5H2;1H. The van der Waals surface area contributed by atoms with Crippen LogP contribution in [-0.2, 0) is 10.0 Å². The first-order valence-corrected chi connectivity index (χ1v) is 7.15. The molecule has 8 heteroatoms. The Labute approximate surface area is 116 Å². The van der Waals surface area contributed by atoms with Crippen molar-refractivity contribution < 1.29 is 17.2 Å². The fourth-order valence-corrected chi connectivity index (χ4v) is 3.83. The van der Waals surface area contributed by atoms with Gasteiger partial charge in [0.15, 0.2) is 11.6 Å². The molecule has 1 aromatic carbocycles. The van der Waals surface area contributed by atoms with Crippen molar-refractivity contribution in [3.8, 4) is 0 Å². The second-order valence-electron chi connectivity index (χ2n) is 4.71. The van der Waals surface area contributed by atoms with Crippen LogP contribution in [0.4, 0.5) is 8.78 Å². The van der Waals surface area contributed by atoms with E-state index >= 15 is 0 Å². The summed E-state index contributed by atoms with van der Waals surface area (Å²) in [4.78, 5) is -0.237. The van der Waals surface area contributed by atoms with E-state index in [1.54, 1.807) is 0 Å². The molecule has 1 aromatic rings. The molecule has 2 aliphatic rings. The average molecular weight is 311 g/mol. The van der Waals surface area contributed by atoms with E-state index in [9.17, 15) is 17.2 Å². The number of halogens is 3. The van der Waals surface area contributed by atoms with Crippen LogP contribution in [0.25, 0.3) is 0 Å². The Balaban J connectivity index is 0.00000133. The van der Waals surface area contributed by atoms with Crippen LogP contribution in [0.15, 0.2) is 23.1 Å². The Morgan fingerprint density at radius 3 is 2.37 bits per heavy atom. The van der Waals surface area contributed by atoms with E-state index < -0.39 is 21.7 Å². The highest BCUT2D eigenvalue weighted by atomic mass is 35.5. The summed E-state index contributed by atoms with van der Waals surface area (Å²) in [6.07, 6.45) is 0. The first kappa shape index (κ1) is 14.6. The summed E-state index contributed by atoms with van der Waals surface area (Å²) in [5.74, 6) is -1.56. The summed E-state index contributed by atoms with van der Waals surface area (Å²) in [6.45, 7) is 1.60. The molecular weight excluding hydrogens is 298 g/mol. The van der Waals surface area contributed by atoms with Gasteiger partial charge in [-0.1, -0.05) is 0 Å². The molecule has 4 nitrogen and oxygen atoms in total. The fourth-order valence-electron chi connectivity index (χ4n) is 2.48. The molecule has 1 heterocycles. The number of piperidine rings is 1. The molecule has 1 aliphatic heterocycles. The van der Waals surface area contributed by atoms with Gasteiger partial charge in [-0.3, -0.25) is 0 Å². The van der Waals surface area contributed by atoms with Gasteiger partial charge in [0.25, 0.3) is 0 Å². The number of sulfonamides is 1. The molecule has 3 rings (SSSR count). The van der Waals surface area contributed by atoms with E-state index in [0.29, 0.717) is 17.9 Å². The first-order chi connectivity index (χ1) is 8.49. The molecular formula is C11H13ClF2N2O2S. The van der Waals surface area contributed by atoms with Gasteiger partial charge in [-0.05, 0) is 43.1 Å². The SMILES string of the molecule is Cl.O=S(=O)(NC1C2CNCC21)c1ccc(F)c(F)c1. The van der Waals surface area contributed by atoms with Crippen LogP contribution < -0.4 is 10.0 Å². The summed E-state index contributed by atoms with van der Waals surface area (Å²) in [5.41, 5.74) is 0. The predicted octanol–water partition coefficient (Wildman–Crippen LogP) is 0.883. The molecule has 2 fully saturated rings. The molecule has 1 saturated heterocycles. The number of benzene rings is 1. The second-order valence-corrected chi connectivity index (χ2v) is 6.42. The van der Waals surface area contributed by atoms with Crippen LogP contribution in [0, 0.1) is 23.5 Å². The number of nitrogens with one attached hydrogen (secondary N) is 2. The summed E-state index contributed by atoms with van der Waals surface area (Å²) in [5, 5.41) is 3.15. The van der Waals surface area contributed by atoms with Crippen LogP contribution >= 0.6 is 12.4 Å². The van der Waals surface area contributed by atoms with Crippen molar-refractivity contribution in [2.24, 2.45) is 11.8 Å². The van der Waals surface area contributed by atoms with Crippen molar-refractivity contribution in [2.75, 3.05) is 13.1 Å². The third-order valence-corrected chi connectivity index (χ3v) is 5.04. The van der Waals surface area contributed by atoms with Gasteiger partial charge < -0.3 is 5.32 Å². The highest BCUT2D eigenvalue weighted by Crippen LogP contribution is 2.42. The Morgan fingerprint density at radius 1 is 1.16 bits per heavy atom. The van der Waals surface area contributed by atoms with Crippen molar-refractivity contribution in [1.29, 1.82) is 0 Å². The quantitative estimate of drug-likeness (QED) is 0.871. The van der Waals surface area contributed by atoms with E-state index in [-0.39, 0.29) is 23.3 Å². The van der Waals surface area contributed by atoms with E-state index in [1.165, 1.54) is 0 Å². The molecule has 0 bridgehead atoms. The lowest BCUT2D eigenvalue weighted by Gasteiger charge is -2.09. The van der Waals surface area contributed by atoms with Gasteiger partial charge in [0, 0.05) is 6.04 Å². The molecule has 0 radical (unpaired) electrons. The predicted molar refractivity (Wildman–Crippen MR) is 67.6 cm³/mol. The second kappa shape index (κ2) is 4.97. The first-order valence-electron chi connectivity index (χ1n) is 5.67. The van der Waals surface area contributed by atoms with Gasteiger partial charge in [0.2, 0.25) is 10.0 Å². The lowest BCUT2D eigenvalue weighted by molar-refractivity contribution is 0.503. The van der Waals surface area contributed by atoms with Crippen LogP contribution in [-0.4, -0.2) is 27.5 Å². The highest BCUT2D eigenvalue weighted by molar-refractivity contribution is 7.89. The average Bonchev–Trinajstić information content (AvgIpc) is 2.77. The smallest absolute Gasteiger partial charge is 0.240 e. The van der Waals surface area contributed by atoms with Crippen molar-refractivity contribution in [2.45, 2.75) is 10.9 Å². The van der Waals surface area contributed by atoms with Crippen LogP contribution in [0.1, 0.15) is 0 Å². The summed E-state index contributed by atoms with van der Waals surface area (Å²) >= 11 is 0. The van der Waals surface area contributed by atoms with Crippen molar-refractivity contribution in [3.63, 3.8) is 0 Å². The van der Waals surface area contributed by atoms with Gasteiger partial charge in [-0.2, -0.15) is 0 Å². The Hall–Kier alpha value is -0.760. The minimum absolute atomic E-state index is 0. The number of fused-ring (bicyclic) bond motifs is 1. The molecule has 2 atom stereocenters. The summed E-state index contributed by atoms with van der Waals surface area (Å²) in [6, 6.07) is 2.51. The van der Waals surface area contributed by atoms with Crippen molar-refractivity contribution in [1.82, 2.24) is 10.0 Å². The molecule has 0 amide bonds. The fraction of sp³-hybridized carbons (Fsp3) is 0.455. The zero-order valence-electron chi connectivity index (χ0n) is 9.77. The molecule has 2 unspecified atom stereocenters. The number of rotatable bonds is 3. The van der Waals surface area contributed by atoms with E-state index in [0.717, 1.165) is 25.2 Å². The van der Waals surface area contributed by atoms with E-state index in [2.05, 4.69) is 10.0 Å². The molecule has 106 valence electrons. The molecule has 1 aliphatic carbocycles. The molecule has 0 spiro atoms. The minimum Gasteiger partial charge on any atom is -0.316 e. The highest BCUT2D eigenvalue weighted by Gasteiger charge is 2.54. The van der Waals surface area contributed by atoms with Crippen molar-refractivity contribution >= 4 is 22.4 Å². The lowest BCUT2D eigenvalue weighted by Crippen LogP contribution is -2.32. The van der Waals surface area contributed by atoms with Gasteiger partial charge >= 0.3 is 0 Å². The number of hydrogen-bond donors (Lipinski definition) is 2. The zero-order valence-corrected chi connectivity index (χ0v) is 11.4.